The molecule has 2 aliphatic heterocycles. The highest BCUT2D eigenvalue weighted by Crippen LogP contribution is 2.31. The van der Waals surface area contributed by atoms with Crippen molar-refractivity contribution in [2.75, 3.05) is 45.9 Å². The minimum atomic E-state index is 0.242. The first kappa shape index (κ1) is 15.5. The number of ether oxygens (including phenoxy) is 2. The molecule has 0 aromatic carbocycles. The topological polar surface area (TPSA) is 24.9 Å². The van der Waals surface area contributed by atoms with Gasteiger partial charge in [-0.2, -0.15) is 0 Å². The second kappa shape index (κ2) is 7.73. The number of likely N-dealkylation sites (tertiary alicyclic amines) is 1. The minimum absolute atomic E-state index is 0.242. The third kappa shape index (κ3) is 3.86. The van der Waals surface area contributed by atoms with Crippen LogP contribution in [0.3, 0.4) is 0 Å². The molecular weight excluding hydrogens is 264 g/mol. The normalized spacial score (nSPS) is 34.8. The Balaban J connectivity index is 1.54. The summed E-state index contributed by atoms with van der Waals surface area (Å²) in [5.41, 5.74) is 0. The first-order chi connectivity index (χ1) is 10.4. The number of hydrogen-bond donors (Lipinski definition) is 0. The van der Waals surface area contributed by atoms with E-state index in [1.54, 1.807) is 0 Å². The highest BCUT2D eigenvalue weighted by molar-refractivity contribution is 4.96. The number of nitrogens with zero attached hydrogens (tertiary/aromatic N) is 2. The van der Waals surface area contributed by atoms with Gasteiger partial charge in [0.25, 0.3) is 0 Å². The number of fused-ring (bicyclic) bond motifs is 2. The van der Waals surface area contributed by atoms with E-state index in [2.05, 4.69) is 16.4 Å². The van der Waals surface area contributed by atoms with Gasteiger partial charge in [0.2, 0.25) is 0 Å². The molecule has 1 saturated carbocycles. The Morgan fingerprint density at radius 1 is 1.10 bits per heavy atom. The average molecular weight is 294 g/mol. The van der Waals surface area contributed by atoms with E-state index in [9.17, 15) is 0 Å². The van der Waals surface area contributed by atoms with Gasteiger partial charge in [0.05, 0.1) is 25.4 Å². The van der Waals surface area contributed by atoms with E-state index in [1.807, 2.05) is 6.08 Å². The van der Waals surface area contributed by atoms with E-state index in [0.29, 0.717) is 18.8 Å². The second-order valence-electron chi connectivity index (χ2n) is 6.58. The maximum Gasteiger partial charge on any atom is 0.0995 e. The summed E-state index contributed by atoms with van der Waals surface area (Å²) in [7, 11) is 0. The Bertz CT molecular complexity index is 331. The van der Waals surface area contributed by atoms with E-state index in [4.69, 9.17) is 9.47 Å². The van der Waals surface area contributed by atoms with Crippen LogP contribution in [0.1, 0.15) is 32.1 Å². The van der Waals surface area contributed by atoms with Crippen LogP contribution in [0.25, 0.3) is 0 Å². The Kier molecular flexibility index (Phi) is 5.69. The first-order valence-corrected chi connectivity index (χ1v) is 8.69. The van der Waals surface area contributed by atoms with Crippen molar-refractivity contribution in [3.05, 3.63) is 12.7 Å². The van der Waals surface area contributed by atoms with Crippen molar-refractivity contribution < 1.29 is 9.47 Å². The van der Waals surface area contributed by atoms with Gasteiger partial charge in [-0.05, 0) is 38.8 Å². The van der Waals surface area contributed by atoms with Gasteiger partial charge in [0, 0.05) is 25.7 Å². The standard InChI is InChI=1S/C17H30N2O2/c1-2-13-21-17-15-6-7-16(17)20-14-12-19(15)11-10-18-8-4-3-5-9-18/h2,15-17H,1,3-14H2/t15-,16-,17-/m1/s1. The summed E-state index contributed by atoms with van der Waals surface area (Å²) in [6.45, 7) is 11.3. The molecule has 3 atom stereocenters. The van der Waals surface area contributed by atoms with Crippen LogP contribution >= 0.6 is 0 Å². The summed E-state index contributed by atoms with van der Waals surface area (Å²) < 4.78 is 12.0. The lowest BCUT2D eigenvalue weighted by Crippen LogP contribution is -2.47. The molecule has 21 heavy (non-hydrogen) atoms. The van der Waals surface area contributed by atoms with Crippen molar-refractivity contribution in [2.24, 2.45) is 0 Å². The zero-order chi connectivity index (χ0) is 14.5. The molecule has 3 fully saturated rings. The fourth-order valence-corrected chi connectivity index (χ4v) is 4.10. The zero-order valence-corrected chi connectivity index (χ0v) is 13.2. The van der Waals surface area contributed by atoms with Gasteiger partial charge in [-0.15, -0.1) is 6.58 Å². The van der Waals surface area contributed by atoms with Crippen LogP contribution in [0, 0.1) is 0 Å². The predicted molar refractivity (Wildman–Crippen MR) is 84.6 cm³/mol. The quantitative estimate of drug-likeness (QED) is 0.699. The van der Waals surface area contributed by atoms with Gasteiger partial charge in [-0.25, -0.2) is 0 Å². The van der Waals surface area contributed by atoms with E-state index in [-0.39, 0.29) is 6.10 Å². The van der Waals surface area contributed by atoms with Crippen LogP contribution in [0.4, 0.5) is 0 Å². The lowest BCUT2D eigenvalue weighted by Gasteiger charge is -2.34. The molecule has 2 heterocycles. The Morgan fingerprint density at radius 3 is 2.76 bits per heavy atom. The van der Waals surface area contributed by atoms with Crippen LogP contribution < -0.4 is 0 Å². The van der Waals surface area contributed by atoms with Crippen molar-refractivity contribution >= 4 is 0 Å². The molecule has 0 N–H and O–H groups in total. The fourth-order valence-electron chi connectivity index (χ4n) is 4.10. The van der Waals surface area contributed by atoms with Crippen molar-refractivity contribution in [3.8, 4) is 0 Å². The Hall–Kier alpha value is -0.420. The molecule has 0 aromatic heterocycles. The highest BCUT2D eigenvalue weighted by Gasteiger charge is 2.42. The Morgan fingerprint density at radius 2 is 1.95 bits per heavy atom. The molecule has 0 aromatic rings. The predicted octanol–water partition coefficient (Wildman–Crippen LogP) is 1.91. The summed E-state index contributed by atoms with van der Waals surface area (Å²) in [4.78, 5) is 5.25. The molecule has 120 valence electrons. The number of rotatable bonds is 6. The molecule has 3 rings (SSSR count). The third-order valence-corrected chi connectivity index (χ3v) is 5.23. The molecular formula is C17H30N2O2. The smallest absolute Gasteiger partial charge is 0.0995 e. The van der Waals surface area contributed by atoms with E-state index < -0.39 is 0 Å². The van der Waals surface area contributed by atoms with Crippen molar-refractivity contribution in [1.29, 1.82) is 0 Å². The first-order valence-electron chi connectivity index (χ1n) is 8.69. The van der Waals surface area contributed by atoms with Gasteiger partial charge in [-0.1, -0.05) is 12.5 Å². The van der Waals surface area contributed by atoms with E-state index in [0.717, 1.165) is 26.1 Å². The number of hydrogen-bond acceptors (Lipinski definition) is 4. The molecule has 0 spiro atoms. The summed E-state index contributed by atoms with van der Waals surface area (Å²) >= 11 is 0. The van der Waals surface area contributed by atoms with Crippen LogP contribution in [0.5, 0.6) is 0 Å². The summed E-state index contributed by atoms with van der Waals surface area (Å²) in [6.07, 6.45) is 8.92. The van der Waals surface area contributed by atoms with Crippen LogP contribution in [0.2, 0.25) is 0 Å². The average Bonchev–Trinajstić information content (AvgIpc) is 2.82. The van der Waals surface area contributed by atoms with E-state index >= 15 is 0 Å². The monoisotopic (exact) mass is 294 g/mol. The summed E-state index contributed by atoms with van der Waals surface area (Å²) in [5, 5.41) is 0. The third-order valence-electron chi connectivity index (χ3n) is 5.23. The molecule has 2 bridgehead atoms. The Labute approximate surface area is 129 Å². The molecule has 4 heteroatoms. The van der Waals surface area contributed by atoms with Crippen LogP contribution in [0.15, 0.2) is 12.7 Å². The molecule has 0 amide bonds. The summed E-state index contributed by atoms with van der Waals surface area (Å²) in [5.74, 6) is 0. The minimum Gasteiger partial charge on any atom is -0.374 e. The van der Waals surface area contributed by atoms with Crippen molar-refractivity contribution in [1.82, 2.24) is 9.80 Å². The fraction of sp³-hybridized carbons (Fsp3) is 0.882. The van der Waals surface area contributed by atoms with Gasteiger partial charge in [0.1, 0.15) is 0 Å². The molecule has 1 aliphatic carbocycles. The van der Waals surface area contributed by atoms with Gasteiger partial charge < -0.3 is 14.4 Å². The maximum absolute atomic E-state index is 6.02. The lowest BCUT2D eigenvalue weighted by atomic mass is 10.1. The van der Waals surface area contributed by atoms with Gasteiger partial charge >= 0.3 is 0 Å². The van der Waals surface area contributed by atoms with Gasteiger partial charge in [0.15, 0.2) is 0 Å². The van der Waals surface area contributed by atoms with Crippen molar-refractivity contribution in [2.45, 2.75) is 50.4 Å². The number of piperidine rings is 1. The SMILES string of the molecule is C=CCO[C@@H]1[C@H]2CC[C@H]1OCCN2CCN1CCCCC1. The zero-order valence-electron chi connectivity index (χ0n) is 13.2. The largest absolute Gasteiger partial charge is 0.374 e. The molecule has 4 nitrogen and oxygen atoms in total. The maximum atomic E-state index is 6.02. The van der Waals surface area contributed by atoms with Crippen LogP contribution in [-0.4, -0.2) is 74.0 Å². The molecule has 0 radical (unpaired) electrons. The molecule has 3 aliphatic rings. The van der Waals surface area contributed by atoms with E-state index in [1.165, 1.54) is 45.3 Å². The van der Waals surface area contributed by atoms with Crippen molar-refractivity contribution in [3.63, 3.8) is 0 Å². The van der Waals surface area contributed by atoms with Crippen LogP contribution in [-0.2, 0) is 9.47 Å². The molecule has 2 saturated heterocycles. The highest BCUT2D eigenvalue weighted by atomic mass is 16.5. The molecule has 0 unspecified atom stereocenters. The summed E-state index contributed by atoms with van der Waals surface area (Å²) in [6, 6.07) is 0.544. The second-order valence-corrected chi connectivity index (χ2v) is 6.58. The lowest BCUT2D eigenvalue weighted by molar-refractivity contribution is -0.0446. The van der Waals surface area contributed by atoms with Gasteiger partial charge in [-0.3, -0.25) is 4.90 Å².